The van der Waals surface area contributed by atoms with Crippen LogP contribution in [-0.4, -0.2) is 49.7 Å². The van der Waals surface area contributed by atoms with E-state index in [1.165, 1.54) is 135 Å². The first-order valence-electron chi connectivity index (χ1n) is 24.5. The molecule has 324 valence electrons. The van der Waals surface area contributed by atoms with Crippen LogP contribution in [0, 0.1) is 24.2 Å². The quantitative estimate of drug-likeness (QED) is 0.0351. The number of rotatable bonds is 44. The average Bonchev–Trinajstić information content (AvgIpc) is 3.19. The van der Waals surface area contributed by atoms with Crippen molar-refractivity contribution in [1.82, 2.24) is 4.90 Å². The Morgan fingerprint density at radius 1 is 0.418 bits per heavy atom. The number of carbonyl (C=O) groups is 2. The van der Waals surface area contributed by atoms with Gasteiger partial charge in [-0.1, -0.05) is 188 Å². The van der Waals surface area contributed by atoms with Crippen LogP contribution in [-0.2, 0) is 19.1 Å². The normalized spacial score (nSPS) is 12.5. The molecule has 0 aliphatic rings. The molecule has 5 nitrogen and oxygen atoms in total. The van der Waals surface area contributed by atoms with Gasteiger partial charge in [-0.05, 0) is 77.4 Å². The molecule has 0 saturated heterocycles. The first-order chi connectivity index (χ1) is 27.0. The summed E-state index contributed by atoms with van der Waals surface area (Å²) in [5, 5.41) is 0. The van der Waals surface area contributed by atoms with Crippen LogP contribution in [0.4, 0.5) is 0 Å². The van der Waals surface area contributed by atoms with Gasteiger partial charge in [0.1, 0.15) is 0 Å². The average molecular weight is 774 g/mol. The van der Waals surface area contributed by atoms with E-state index >= 15 is 0 Å². The molecule has 0 bridgehead atoms. The number of hydrogen-bond donors (Lipinski definition) is 0. The second-order valence-corrected chi connectivity index (χ2v) is 16.9. The fraction of sp³-hybridized carbons (Fsp3) is 0.920. The summed E-state index contributed by atoms with van der Waals surface area (Å²) in [6.45, 7) is 13.5. The summed E-state index contributed by atoms with van der Waals surface area (Å²) in [7, 11) is 0. The maximum Gasteiger partial charge on any atom is 0.308 e. The number of esters is 2. The van der Waals surface area contributed by atoms with Gasteiger partial charge in [-0.2, -0.15) is 0 Å². The van der Waals surface area contributed by atoms with Crippen molar-refractivity contribution in [2.45, 2.75) is 252 Å². The van der Waals surface area contributed by atoms with E-state index < -0.39 is 0 Å². The highest BCUT2D eigenvalue weighted by Gasteiger charge is 2.20. The minimum absolute atomic E-state index is 0.0615. The van der Waals surface area contributed by atoms with Crippen molar-refractivity contribution in [3.63, 3.8) is 0 Å². The van der Waals surface area contributed by atoms with Crippen LogP contribution in [0.2, 0.25) is 0 Å². The summed E-state index contributed by atoms with van der Waals surface area (Å²) in [4.78, 5) is 28.5. The summed E-state index contributed by atoms with van der Waals surface area (Å²) < 4.78 is 11.6. The summed E-state index contributed by atoms with van der Waals surface area (Å²) in [5.41, 5.74) is 0. The van der Waals surface area contributed by atoms with Gasteiger partial charge in [-0.15, -0.1) is 12.3 Å². The Morgan fingerprint density at radius 3 is 1.07 bits per heavy atom. The second kappa shape index (κ2) is 43.6. The van der Waals surface area contributed by atoms with E-state index in [0.717, 1.165) is 110 Å². The van der Waals surface area contributed by atoms with Gasteiger partial charge in [0.05, 0.1) is 25.0 Å². The Bertz CT molecular complexity index is 853. The van der Waals surface area contributed by atoms with Gasteiger partial charge in [0.2, 0.25) is 0 Å². The number of unbranched alkanes of at least 4 members (excludes halogenated alkanes) is 24. The van der Waals surface area contributed by atoms with Crippen molar-refractivity contribution in [2.75, 3.05) is 32.8 Å². The molecule has 0 spiro atoms. The van der Waals surface area contributed by atoms with Gasteiger partial charge in [-0.3, -0.25) is 9.59 Å². The monoisotopic (exact) mass is 774 g/mol. The molecule has 0 aromatic carbocycles. The molecule has 0 aliphatic carbocycles. The third-order valence-electron chi connectivity index (χ3n) is 11.6. The molecule has 0 fully saturated rings. The number of ether oxygens (including phenoxy) is 2. The predicted octanol–water partition coefficient (Wildman–Crippen LogP) is 15.0. The van der Waals surface area contributed by atoms with E-state index in [0.29, 0.717) is 13.2 Å². The van der Waals surface area contributed by atoms with Crippen molar-refractivity contribution < 1.29 is 19.1 Å². The van der Waals surface area contributed by atoms with Crippen molar-refractivity contribution >= 4 is 11.9 Å². The Morgan fingerprint density at radius 2 is 0.709 bits per heavy atom. The van der Waals surface area contributed by atoms with E-state index in [4.69, 9.17) is 15.9 Å². The lowest BCUT2D eigenvalue weighted by atomic mass is 9.94. The maximum absolute atomic E-state index is 13.0. The zero-order chi connectivity index (χ0) is 40.3. The first kappa shape index (κ1) is 53.5. The molecule has 0 heterocycles. The summed E-state index contributed by atoms with van der Waals surface area (Å²) in [5.74, 6) is 3.13. The second-order valence-electron chi connectivity index (χ2n) is 16.9. The van der Waals surface area contributed by atoms with Crippen molar-refractivity contribution in [3.05, 3.63) is 0 Å². The maximum atomic E-state index is 13.0. The molecular formula is C50H95NO4. The predicted molar refractivity (Wildman–Crippen MR) is 238 cm³/mol. The zero-order valence-corrected chi connectivity index (χ0v) is 37.6. The summed E-state index contributed by atoms with van der Waals surface area (Å²) in [6.07, 6.45) is 46.7. The van der Waals surface area contributed by atoms with Crippen LogP contribution >= 0.6 is 0 Å². The minimum atomic E-state index is 0.0615. The largest absolute Gasteiger partial charge is 0.465 e. The van der Waals surface area contributed by atoms with Crippen LogP contribution in [0.5, 0.6) is 0 Å². The SMILES string of the molecule is C#CCCCN(CCCCCCCOC(=O)C(CCCCCC)CCCCCCCC)CCCCCCOC(=O)C(CCCCCC)CCCCCCCC. The Kier molecular flexibility index (Phi) is 42.4. The van der Waals surface area contributed by atoms with Gasteiger partial charge in [0.25, 0.3) is 0 Å². The van der Waals surface area contributed by atoms with Crippen LogP contribution < -0.4 is 0 Å². The summed E-state index contributed by atoms with van der Waals surface area (Å²) in [6, 6.07) is 0. The molecule has 5 heteroatoms. The highest BCUT2D eigenvalue weighted by Crippen LogP contribution is 2.22. The highest BCUT2D eigenvalue weighted by atomic mass is 16.5. The van der Waals surface area contributed by atoms with Gasteiger partial charge in [-0.25, -0.2) is 0 Å². The van der Waals surface area contributed by atoms with Crippen molar-refractivity contribution in [2.24, 2.45) is 11.8 Å². The van der Waals surface area contributed by atoms with E-state index in [2.05, 4.69) is 38.5 Å². The van der Waals surface area contributed by atoms with Gasteiger partial charge in [0, 0.05) is 6.42 Å². The van der Waals surface area contributed by atoms with Crippen LogP contribution in [0.3, 0.4) is 0 Å². The fourth-order valence-corrected chi connectivity index (χ4v) is 7.82. The lowest BCUT2D eigenvalue weighted by Gasteiger charge is -2.22. The smallest absolute Gasteiger partial charge is 0.308 e. The van der Waals surface area contributed by atoms with Gasteiger partial charge >= 0.3 is 11.9 Å². The lowest BCUT2D eigenvalue weighted by molar-refractivity contribution is -0.150. The van der Waals surface area contributed by atoms with E-state index in [1.807, 2.05) is 0 Å². The number of hydrogen-bond acceptors (Lipinski definition) is 5. The molecule has 2 unspecified atom stereocenters. The highest BCUT2D eigenvalue weighted by molar-refractivity contribution is 5.72. The molecule has 0 saturated carbocycles. The van der Waals surface area contributed by atoms with Crippen LogP contribution in [0.15, 0.2) is 0 Å². The third kappa shape index (κ3) is 36.5. The molecule has 0 N–H and O–H groups in total. The molecule has 2 atom stereocenters. The van der Waals surface area contributed by atoms with E-state index in [9.17, 15) is 9.59 Å². The van der Waals surface area contributed by atoms with Gasteiger partial charge < -0.3 is 14.4 Å². The van der Waals surface area contributed by atoms with Gasteiger partial charge in [0.15, 0.2) is 0 Å². The molecule has 55 heavy (non-hydrogen) atoms. The third-order valence-corrected chi connectivity index (χ3v) is 11.6. The van der Waals surface area contributed by atoms with Crippen molar-refractivity contribution in [1.29, 1.82) is 0 Å². The first-order valence-corrected chi connectivity index (χ1v) is 24.5. The molecule has 0 aliphatic heterocycles. The molecule has 0 aromatic heterocycles. The number of carbonyl (C=O) groups excluding carboxylic acids is 2. The Balaban J connectivity index is 4.32. The molecule has 0 radical (unpaired) electrons. The van der Waals surface area contributed by atoms with E-state index in [1.54, 1.807) is 0 Å². The van der Waals surface area contributed by atoms with E-state index in [-0.39, 0.29) is 23.8 Å². The van der Waals surface area contributed by atoms with Crippen LogP contribution in [0.25, 0.3) is 0 Å². The van der Waals surface area contributed by atoms with Crippen molar-refractivity contribution in [3.8, 4) is 12.3 Å². The topological polar surface area (TPSA) is 55.8 Å². The minimum Gasteiger partial charge on any atom is -0.465 e. The number of nitrogens with zero attached hydrogens (tertiary/aromatic N) is 1. The standard InChI is InChI=1S/C50H95NO4/c1-6-11-16-20-23-31-40-47(38-29-18-13-8-3)49(52)54-45-36-27-22-25-34-43-51(42-33-15-10-5)44-35-26-28-37-46-55-50(53)48(39-30-19-14-9-4)41-32-24-21-17-12-7-2/h5,47-48H,6-9,11-46H2,1-4H3. The zero-order valence-electron chi connectivity index (χ0n) is 37.6. The number of terminal acetylenes is 1. The molecule has 0 amide bonds. The Hall–Kier alpha value is -1.54. The molecule has 0 rings (SSSR count). The fourth-order valence-electron chi connectivity index (χ4n) is 7.82. The Labute approximate surface area is 344 Å². The lowest BCUT2D eigenvalue weighted by Crippen LogP contribution is -2.27. The summed E-state index contributed by atoms with van der Waals surface area (Å²) >= 11 is 0. The van der Waals surface area contributed by atoms with Crippen LogP contribution in [0.1, 0.15) is 252 Å². The molecular weight excluding hydrogens is 679 g/mol. The molecule has 0 aromatic rings.